The lowest BCUT2D eigenvalue weighted by molar-refractivity contribution is -0.872. The highest BCUT2D eigenvalue weighted by Crippen LogP contribution is 2.24. The summed E-state index contributed by atoms with van der Waals surface area (Å²) < 4.78 is 27.3. The number of hydrogen-bond acceptors (Lipinski definition) is 4. The molecule has 0 aliphatic carbocycles. The van der Waals surface area contributed by atoms with Gasteiger partial charge in [-0.3, -0.25) is 0 Å². The van der Waals surface area contributed by atoms with Crippen molar-refractivity contribution in [3.05, 3.63) is 47.4 Å². The second kappa shape index (κ2) is 8.78. The van der Waals surface area contributed by atoms with Crippen LogP contribution in [0.4, 0.5) is 4.39 Å². The van der Waals surface area contributed by atoms with Crippen LogP contribution in [-0.2, 0) is 0 Å². The third-order valence-electron chi connectivity index (χ3n) is 3.56. The van der Waals surface area contributed by atoms with Gasteiger partial charge in [0, 0.05) is 17.6 Å². The Bertz CT molecular complexity index is 781. The van der Waals surface area contributed by atoms with Gasteiger partial charge in [-0.15, -0.1) is 4.37 Å². The first kappa shape index (κ1) is 18.4. The van der Waals surface area contributed by atoms with Crippen molar-refractivity contribution < 1.29 is 26.4 Å². The lowest BCUT2D eigenvalue weighted by Crippen LogP contribution is -3.09. The second-order valence-corrected chi connectivity index (χ2v) is 5.95. The number of halogens is 2. The summed E-state index contributed by atoms with van der Waals surface area (Å²) in [6.07, 6.45) is 3.24. The molecule has 126 valence electrons. The Morgan fingerprint density at radius 2 is 2.25 bits per heavy atom. The molecule has 0 bridgehead atoms. The van der Waals surface area contributed by atoms with Gasteiger partial charge in [0.25, 0.3) is 5.88 Å². The summed E-state index contributed by atoms with van der Waals surface area (Å²) in [5.41, 5.74) is 2.63. The van der Waals surface area contributed by atoms with Crippen LogP contribution in [0, 0.1) is 17.7 Å². The van der Waals surface area contributed by atoms with E-state index in [2.05, 4.69) is 33.7 Å². The van der Waals surface area contributed by atoms with Gasteiger partial charge in [0.05, 0.1) is 25.3 Å². The molecule has 1 atom stereocenters. The van der Waals surface area contributed by atoms with Crippen LogP contribution in [0.2, 0.25) is 0 Å². The van der Waals surface area contributed by atoms with Crippen molar-refractivity contribution >= 4 is 17.3 Å². The molecule has 7 heteroatoms. The van der Waals surface area contributed by atoms with E-state index in [0.717, 1.165) is 36.9 Å². The van der Waals surface area contributed by atoms with Gasteiger partial charge in [0.2, 0.25) is 0 Å². The normalized spacial score (nSPS) is 16.4. The number of benzene rings is 1. The molecule has 0 saturated carbocycles. The summed E-state index contributed by atoms with van der Waals surface area (Å²) in [6, 6.07) is 6.19. The SMILES string of the molecule is C[NH+]1CCC=C(c2nsnc2OCC#Cc2cccc(F)c2)C1.[Cl-]. The highest BCUT2D eigenvalue weighted by Gasteiger charge is 2.20. The van der Waals surface area contributed by atoms with Crippen molar-refractivity contribution in [3.8, 4) is 17.7 Å². The van der Waals surface area contributed by atoms with Crippen molar-refractivity contribution in [1.29, 1.82) is 0 Å². The smallest absolute Gasteiger partial charge is 0.254 e. The first-order valence-electron chi connectivity index (χ1n) is 7.43. The molecule has 3 rings (SSSR count). The number of likely N-dealkylation sites (N-methyl/N-ethyl adjacent to an activating group) is 1. The lowest BCUT2D eigenvalue weighted by Gasteiger charge is -2.19. The van der Waals surface area contributed by atoms with Crippen LogP contribution in [0.3, 0.4) is 0 Å². The van der Waals surface area contributed by atoms with Crippen LogP contribution in [-0.4, -0.2) is 35.5 Å². The number of hydrogen-bond donors (Lipinski definition) is 1. The Hall–Kier alpha value is -1.94. The third kappa shape index (κ3) is 4.78. The van der Waals surface area contributed by atoms with E-state index in [9.17, 15) is 4.39 Å². The molecule has 0 amide bonds. The van der Waals surface area contributed by atoms with Crippen LogP contribution in [0.5, 0.6) is 5.88 Å². The van der Waals surface area contributed by atoms with Gasteiger partial charge in [0.1, 0.15) is 18.1 Å². The van der Waals surface area contributed by atoms with E-state index in [-0.39, 0.29) is 24.8 Å². The summed E-state index contributed by atoms with van der Waals surface area (Å²) >= 11 is 1.14. The highest BCUT2D eigenvalue weighted by atomic mass is 35.5. The molecule has 2 heterocycles. The van der Waals surface area contributed by atoms with E-state index < -0.39 is 0 Å². The highest BCUT2D eigenvalue weighted by molar-refractivity contribution is 6.99. The summed E-state index contributed by atoms with van der Waals surface area (Å²) in [5.74, 6) is 5.99. The van der Waals surface area contributed by atoms with Gasteiger partial charge >= 0.3 is 0 Å². The van der Waals surface area contributed by atoms with Crippen LogP contribution in [0.15, 0.2) is 30.3 Å². The Morgan fingerprint density at radius 3 is 3.04 bits per heavy atom. The molecule has 1 aliphatic rings. The van der Waals surface area contributed by atoms with Gasteiger partial charge in [-0.25, -0.2) is 4.39 Å². The minimum absolute atomic E-state index is 0. The Kier molecular flexibility index (Phi) is 6.73. The maximum atomic E-state index is 13.1. The molecule has 0 radical (unpaired) electrons. The minimum atomic E-state index is -0.292. The molecule has 24 heavy (non-hydrogen) atoms. The molecule has 1 unspecified atom stereocenters. The summed E-state index contributed by atoms with van der Waals surface area (Å²) in [7, 11) is 2.16. The molecule has 0 saturated heterocycles. The maximum Gasteiger partial charge on any atom is 0.254 e. The average Bonchev–Trinajstić information content (AvgIpc) is 3.00. The average molecular weight is 366 g/mol. The number of rotatable bonds is 3. The maximum absolute atomic E-state index is 13.1. The van der Waals surface area contributed by atoms with E-state index in [1.165, 1.54) is 22.6 Å². The van der Waals surface area contributed by atoms with Crippen molar-refractivity contribution in [3.63, 3.8) is 0 Å². The predicted molar refractivity (Wildman–Crippen MR) is 87.9 cm³/mol. The number of nitrogens with one attached hydrogen (secondary N) is 1. The number of aromatic nitrogens is 2. The van der Waals surface area contributed by atoms with Gasteiger partial charge < -0.3 is 22.0 Å². The molecule has 0 fully saturated rings. The Balaban J connectivity index is 0.00000208. The molecular formula is C17H17ClFN3OS. The van der Waals surface area contributed by atoms with Crippen molar-refractivity contribution in [2.24, 2.45) is 0 Å². The number of ether oxygens (including phenoxy) is 1. The van der Waals surface area contributed by atoms with Crippen LogP contribution < -0.4 is 22.0 Å². The van der Waals surface area contributed by atoms with E-state index in [0.29, 0.717) is 11.4 Å². The molecular weight excluding hydrogens is 349 g/mol. The second-order valence-electron chi connectivity index (χ2n) is 5.42. The topological polar surface area (TPSA) is 39.5 Å². The van der Waals surface area contributed by atoms with Crippen molar-refractivity contribution in [1.82, 2.24) is 8.75 Å². The Morgan fingerprint density at radius 1 is 1.38 bits per heavy atom. The fraction of sp³-hybridized carbons (Fsp3) is 0.294. The zero-order valence-electron chi connectivity index (χ0n) is 13.2. The lowest BCUT2D eigenvalue weighted by atomic mass is 10.1. The van der Waals surface area contributed by atoms with Gasteiger partial charge in [0.15, 0.2) is 6.61 Å². The van der Waals surface area contributed by atoms with Gasteiger partial charge in [-0.1, -0.05) is 24.0 Å². The number of nitrogens with zero attached hydrogens (tertiary/aromatic N) is 2. The standard InChI is InChI=1S/C17H16FN3OS.ClH/c1-21-9-3-7-14(12-21)16-17(20-23-19-16)22-10-4-6-13-5-2-8-15(18)11-13;/h2,5,7-8,11H,3,9-10,12H2,1H3;1H. The molecule has 4 nitrogen and oxygen atoms in total. The van der Waals surface area contributed by atoms with E-state index in [1.54, 1.807) is 12.1 Å². The van der Waals surface area contributed by atoms with E-state index >= 15 is 0 Å². The molecule has 1 N–H and O–H groups in total. The largest absolute Gasteiger partial charge is 1.00 e. The van der Waals surface area contributed by atoms with Crippen molar-refractivity contribution in [2.45, 2.75) is 6.42 Å². The summed E-state index contributed by atoms with van der Waals surface area (Å²) in [5, 5.41) is 0. The molecule has 0 spiro atoms. The van der Waals surface area contributed by atoms with Crippen LogP contribution in [0.25, 0.3) is 5.57 Å². The molecule has 1 aliphatic heterocycles. The van der Waals surface area contributed by atoms with Crippen LogP contribution >= 0.6 is 11.7 Å². The summed E-state index contributed by atoms with van der Waals surface area (Å²) in [4.78, 5) is 1.45. The van der Waals surface area contributed by atoms with E-state index in [4.69, 9.17) is 4.74 Å². The monoisotopic (exact) mass is 365 g/mol. The third-order valence-corrected chi connectivity index (χ3v) is 4.07. The fourth-order valence-corrected chi connectivity index (χ4v) is 2.97. The quantitative estimate of drug-likeness (QED) is 0.667. The predicted octanol–water partition coefficient (Wildman–Crippen LogP) is -1.59. The first-order chi connectivity index (χ1) is 11.2. The van der Waals surface area contributed by atoms with Gasteiger partial charge in [-0.2, -0.15) is 4.37 Å². The van der Waals surface area contributed by atoms with Crippen LogP contribution in [0.1, 0.15) is 17.7 Å². The van der Waals surface area contributed by atoms with Crippen molar-refractivity contribution in [2.75, 3.05) is 26.7 Å². The van der Waals surface area contributed by atoms with E-state index in [1.807, 2.05) is 0 Å². The first-order valence-corrected chi connectivity index (χ1v) is 8.16. The number of quaternary nitrogens is 1. The zero-order valence-corrected chi connectivity index (χ0v) is 14.8. The minimum Gasteiger partial charge on any atom is -1.00 e. The molecule has 2 aromatic rings. The molecule has 1 aromatic heterocycles. The summed E-state index contributed by atoms with van der Waals surface area (Å²) in [6.45, 7) is 2.26. The molecule has 1 aromatic carbocycles. The van der Waals surface area contributed by atoms with Gasteiger partial charge in [-0.05, 0) is 18.2 Å². The fourth-order valence-electron chi connectivity index (χ4n) is 2.44. The Labute approximate surface area is 151 Å². The zero-order chi connectivity index (χ0) is 16.1.